The van der Waals surface area contributed by atoms with Gasteiger partial charge in [0.05, 0.1) is 4.92 Å². The zero-order valence-electron chi connectivity index (χ0n) is 11.6. The zero-order chi connectivity index (χ0) is 14.4. The summed E-state index contributed by atoms with van der Waals surface area (Å²) in [6.07, 6.45) is 5.53. The highest BCUT2D eigenvalue weighted by Crippen LogP contribution is 2.23. The molecule has 5 heteroatoms. The third-order valence-corrected chi connectivity index (χ3v) is 4.11. The summed E-state index contributed by atoms with van der Waals surface area (Å²) in [6, 6.07) is 7.12. The van der Waals surface area contributed by atoms with Crippen LogP contribution in [0.1, 0.15) is 31.2 Å². The van der Waals surface area contributed by atoms with Crippen LogP contribution in [-0.4, -0.2) is 29.2 Å². The molecule has 0 heterocycles. The molecule has 0 radical (unpaired) electrons. The fourth-order valence-electron chi connectivity index (χ4n) is 2.88. The monoisotopic (exact) mass is 278 g/mol. The largest absolute Gasteiger partial charge is 0.396 e. The topological polar surface area (TPSA) is 75.4 Å². The molecule has 0 saturated heterocycles. The van der Waals surface area contributed by atoms with E-state index in [1.165, 1.54) is 12.8 Å². The standard InChI is InChI=1S/C15H22N2O3/c18-11-13-3-1-2-4-15(13)16-10-9-12-5-7-14(8-6-12)17(19)20/h5-8,13,15-16,18H,1-4,9-11H2. The van der Waals surface area contributed by atoms with Gasteiger partial charge in [-0.2, -0.15) is 0 Å². The highest BCUT2D eigenvalue weighted by molar-refractivity contribution is 5.32. The average molecular weight is 278 g/mol. The molecule has 20 heavy (non-hydrogen) atoms. The fourth-order valence-corrected chi connectivity index (χ4v) is 2.88. The molecule has 1 fully saturated rings. The van der Waals surface area contributed by atoms with Crippen molar-refractivity contribution in [3.63, 3.8) is 0 Å². The first-order chi connectivity index (χ1) is 9.70. The van der Waals surface area contributed by atoms with Crippen LogP contribution in [0.2, 0.25) is 0 Å². The molecule has 1 aliphatic rings. The van der Waals surface area contributed by atoms with Gasteiger partial charge in [0, 0.05) is 24.8 Å². The molecule has 1 aromatic carbocycles. The number of non-ortho nitro benzene ring substituents is 1. The molecule has 0 spiro atoms. The SMILES string of the molecule is O=[N+]([O-])c1ccc(CCNC2CCCCC2CO)cc1. The van der Waals surface area contributed by atoms with Gasteiger partial charge in [0.2, 0.25) is 0 Å². The van der Waals surface area contributed by atoms with E-state index in [1.54, 1.807) is 12.1 Å². The van der Waals surface area contributed by atoms with Crippen LogP contribution in [0, 0.1) is 16.0 Å². The van der Waals surface area contributed by atoms with Crippen LogP contribution in [0.4, 0.5) is 5.69 Å². The van der Waals surface area contributed by atoms with Gasteiger partial charge in [0.15, 0.2) is 0 Å². The minimum Gasteiger partial charge on any atom is -0.396 e. The number of hydrogen-bond donors (Lipinski definition) is 2. The second kappa shape index (κ2) is 7.36. The van der Waals surface area contributed by atoms with E-state index in [9.17, 15) is 15.2 Å². The van der Waals surface area contributed by atoms with Crippen LogP contribution >= 0.6 is 0 Å². The third-order valence-electron chi connectivity index (χ3n) is 4.11. The minimum atomic E-state index is -0.379. The maximum absolute atomic E-state index is 10.6. The Morgan fingerprint density at radius 2 is 1.95 bits per heavy atom. The first-order valence-electron chi connectivity index (χ1n) is 7.28. The molecule has 0 aromatic heterocycles. The molecule has 5 nitrogen and oxygen atoms in total. The zero-order valence-corrected chi connectivity index (χ0v) is 11.6. The Kier molecular flexibility index (Phi) is 5.49. The van der Waals surface area contributed by atoms with Gasteiger partial charge in [-0.25, -0.2) is 0 Å². The summed E-state index contributed by atoms with van der Waals surface area (Å²) in [5, 5.41) is 23.4. The van der Waals surface area contributed by atoms with Crippen molar-refractivity contribution in [3.05, 3.63) is 39.9 Å². The highest BCUT2D eigenvalue weighted by atomic mass is 16.6. The molecule has 2 unspecified atom stereocenters. The smallest absolute Gasteiger partial charge is 0.269 e. The first-order valence-corrected chi connectivity index (χ1v) is 7.28. The van der Waals surface area contributed by atoms with Gasteiger partial charge in [-0.15, -0.1) is 0 Å². The lowest BCUT2D eigenvalue weighted by Crippen LogP contribution is -2.41. The Hall–Kier alpha value is -1.46. The van der Waals surface area contributed by atoms with E-state index in [2.05, 4.69) is 5.32 Å². The van der Waals surface area contributed by atoms with E-state index in [0.717, 1.165) is 31.4 Å². The van der Waals surface area contributed by atoms with E-state index in [4.69, 9.17) is 0 Å². The van der Waals surface area contributed by atoms with E-state index >= 15 is 0 Å². The minimum absolute atomic E-state index is 0.134. The Morgan fingerprint density at radius 1 is 1.25 bits per heavy atom. The van der Waals surface area contributed by atoms with Crippen molar-refractivity contribution in [1.29, 1.82) is 0 Å². The molecule has 1 aromatic rings. The lowest BCUT2D eigenvalue weighted by Gasteiger charge is -2.31. The predicted octanol–water partition coefficient (Wildman–Crippen LogP) is 2.28. The second-order valence-corrected chi connectivity index (χ2v) is 5.46. The Balaban J connectivity index is 1.78. The van der Waals surface area contributed by atoms with Gasteiger partial charge in [-0.05, 0) is 37.3 Å². The number of nitro groups is 1. The normalized spacial score (nSPS) is 22.6. The summed E-state index contributed by atoms with van der Waals surface area (Å²) in [4.78, 5) is 10.2. The van der Waals surface area contributed by atoms with Crippen molar-refractivity contribution >= 4 is 5.69 Å². The fraction of sp³-hybridized carbons (Fsp3) is 0.600. The highest BCUT2D eigenvalue weighted by Gasteiger charge is 2.23. The van der Waals surface area contributed by atoms with Crippen molar-refractivity contribution in [2.75, 3.05) is 13.2 Å². The molecule has 0 aliphatic heterocycles. The van der Waals surface area contributed by atoms with Gasteiger partial charge < -0.3 is 10.4 Å². The number of nitro benzene ring substituents is 1. The maximum atomic E-state index is 10.6. The van der Waals surface area contributed by atoms with Crippen LogP contribution in [0.25, 0.3) is 0 Å². The van der Waals surface area contributed by atoms with Crippen LogP contribution in [0.5, 0.6) is 0 Å². The summed E-state index contributed by atoms with van der Waals surface area (Å²) >= 11 is 0. The summed E-state index contributed by atoms with van der Waals surface area (Å²) < 4.78 is 0. The Morgan fingerprint density at radius 3 is 2.60 bits per heavy atom. The predicted molar refractivity (Wildman–Crippen MR) is 77.6 cm³/mol. The van der Waals surface area contributed by atoms with E-state index < -0.39 is 0 Å². The van der Waals surface area contributed by atoms with Crippen molar-refractivity contribution in [3.8, 4) is 0 Å². The molecule has 1 aliphatic carbocycles. The van der Waals surface area contributed by atoms with Gasteiger partial charge in [-0.1, -0.05) is 25.0 Å². The van der Waals surface area contributed by atoms with Crippen LogP contribution < -0.4 is 5.32 Å². The Labute approximate surface area is 119 Å². The van der Waals surface area contributed by atoms with E-state index in [-0.39, 0.29) is 17.2 Å². The molecule has 0 bridgehead atoms. The van der Waals surface area contributed by atoms with Crippen LogP contribution in [0.15, 0.2) is 24.3 Å². The van der Waals surface area contributed by atoms with Crippen molar-refractivity contribution in [2.24, 2.45) is 5.92 Å². The summed E-state index contributed by atoms with van der Waals surface area (Å²) in [5.41, 5.74) is 1.23. The van der Waals surface area contributed by atoms with Crippen molar-refractivity contribution < 1.29 is 10.0 Å². The molecule has 1 saturated carbocycles. The molecule has 2 N–H and O–H groups in total. The Bertz CT molecular complexity index is 433. The number of aliphatic hydroxyl groups excluding tert-OH is 1. The summed E-state index contributed by atoms with van der Waals surface area (Å²) in [6.45, 7) is 1.11. The molecule has 0 amide bonds. The van der Waals surface area contributed by atoms with Crippen LogP contribution in [-0.2, 0) is 6.42 Å². The molecule has 2 atom stereocenters. The molecular weight excluding hydrogens is 256 g/mol. The number of nitrogens with one attached hydrogen (secondary N) is 1. The van der Waals surface area contributed by atoms with Gasteiger partial charge in [0.1, 0.15) is 0 Å². The third kappa shape index (κ3) is 4.02. The van der Waals surface area contributed by atoms with Crippen LogP contribution in [0.3, 0.4) is 0 Å². The van der Waals surface area contributed by atoms with Crippen molar-refractivity contribution in [2.45, 2.75) is 38.1 Å². The van der Waals surface area contributed by atoms with Gasteiger partial charge >= 0.3 is 0 Å². The molecule has 2 rings (SSSR count). The van der Waals surface area contributed by atoms with Crippen molar-refractivity contribution in [1.82, 2.24) is 5.32 Å². The number of aliphatic hydroxyl groups is 1. The maximum Gasteiger partial charge on any atom is 0.269 e. The van der Waals surface area contributed by atoms with Gasteiger partial charge in [-0.3, -0.25) is 10.1 Å². The number of nitrogens with zero attached hydrogens (tertiary/aromatic N) is 1. The number of rotatable bonds is 6. The van der Waals surface area contributed by atoms with Gasteiger partial charge in [0.25, 0.3) is 5.69 Å². The quantitative estimate of drug-likeness (QED) is 0.618. The molecule has 110 valence electrons. The number of hydrogen-bond acceptors (Lipinski definition) is 4. The first kappa shape index (κ1) is 14.9. The lowest BCUT2D eigenvalue weighted by atomic mass is 9.85. The summed E-state index contributed by atoms with van der Waals surface area (Å²) in [5.74, 6) is 0.376. The van der Waals surface area contributed by atoms with E-state index in [1.807, 2.05) is 12.1 Å². The lowest BCUT2D eigenvalue weighted by molar-refractivity contribution is -0.384. The summed E-state index contributed by atoms with van der Waals surface area (Å²) in [7, 11) is 0. The second-order valence-electron chi connectivity index (χ2n) is 5.46. The van der Waals surface area contributed by atoms with E-state index in [0.29, 0.717) is 12.0 Å². The average Bonchev–Trinajstić information content (AvgIpc) is 2.48. The molecular formula is C15H22N2O3. The number of benzene rings is 1.